The number of benzene rings is 2. The van der Waals surface area contributed by atoms with Crippen LogP contribution in [0, 0.1) is 0 Å². The van der Waals surface area contributed by atoms with Gasteiger partial charge in [0.25, 0.3) is 0 Å². The molecular weight excluding hydrogens is 380 g/mol. The highest BCUT2D eigenvalue weighted by molar-refractivity contribution is 9.10. The van der Waals surface area contributed by atoms with E-state index >= 15 is 0 Å². The number of halogens is 1. The Bertz CT molecular complexity index is 867. The molecule has 2 aromatic carbocycles. The average molecular weight is 395 g/mol. The third kappa shape index (κ3) is 2.91. The molecule has 0 unspecified atom stereocenters. The van der Waals surface area contributed by atoms with Crippen molar-refractivity contribution in [3.05, 3.63) is 64.1 Å². The van der Waals surface area contributed by atoms with Crippen LogP contribution in [-0.4, -0.2) is 24.7 Å². The Morgan fingerprint density at radius 3 is 2.35 bits per heavy atom. The van der Waals surface area contributed by atoms with Gasteiger partial charge in [0, 0.05) is 11.0 Å². The molecule has 120 valence electrons. The quantitative estimate of drug-likeness (QED) is 0.864. The Balaban J connectivity index is 2.10. The summed E-state index contributed by atoms with van der Waals surface area (Å²) < 4.78 is 27.7. The maximum Gasteiger partial charge on any atom is 0.245 e. The zero-order chi connectivity index (χ0) is 16.6. The summed E-state index contributed by atoms with van der Waals surface area (Å²) in [4.78, 5) is 12.0. The zero-order valence-electron chi connectivity index (χ0n) is 12.1. The SMILES string of the molecule is NC(=O)[C@@H]1Cc2ccccc2CN1S(=O)(=O)c1ccccc1Br. The van der Waals surface area contributed by atoms with Crippen molar-refractivity contribution >= 4 is 31.9 Å². The molecule has 0 fully saturated rings. The van der Waals surface area contributed by atoms with E-state index in [-0.39, 0.29) is 17.9 Å². The van der Waals surface area contributed by atoms with Gasteiger partial charge in [-0.2, -0.15) is 4.31 Å². The van der Waals surface area contributed by atoms with E-state index in [4.69, 9.17) is 5.73 Å². The van der Waals surface area contributed by atoms with Gasteiger partial charge in [0.15, 0.2) is 0 Å². The number of carbonyl (C=O) groups excluding carboxylic acids is 1. The summed E-state index contributed by atoms with van der Waals surface area (Å²) in [5.74, 6) is -0.643. The molecule has 0 spiro atoms. The molecule has 5 nitrogen and oxygen atoms in total. The number of hydrogen-bond donors (Lipinski definition) is 1. The second kappa shape index (κ2) is 6.07. The molecule has 23 heavy (non-hydrogen) atoms. The van der Waals surface area contributed by atoms with Crippen molar-refractivity contribution in [2.45, 2.75) is 23.9 Å². The van der Waals surface area contributed by atoms with Gasteiger partial charge in [0.2, 0.25) is 15.9 Å². The van der Waals surface area contributed by atoms with Gasteiger partial charge >= 0.3 is 0 Å². The Morgan fingerprint density at radius 1 is 1.09 bits per heavy atom. The summed E-state index contributed by atoms with van der Waals surface area (Å²) in [5.41, 5.74) is 7.31. The van der Waals surface area contributed by atoms with Crippen LogP contribution in [-0.2, 0) is 27.8 Å². The van der Waals surface area contributed by atoms with E-state index in [0.29, 0.717) is 4.47 Å². The summed E-state index contributed by atoms with van der Waals surface area (Å²) >= 11 is 3.27. The average Bonchev–Trinajstić information content (AvgIpc) is 2.53. The summed E-state index contributed by atoms with van der Waals surface area (Å²) in [7, 11) is -3.84. The standard InChI is InChI=1S/C16H15BrN2O3S/c17-13-7-3-4-8-15(13)23(21,22)19-10-12-6-2-1-5-11(12)9-14(19)16(18)20/h1-8,14H,9-10H2,(H2,18,20)/t14-/m0/s1. The molecule has 0 saturated heterocycles. The predicted octanol–water partition coefficient (Wildman–Crippen LogP) is 2.05. The molecule has 0 aromatic heterocycles. The maximum absolute atomic E-state index is 13.0. The Kier molecular flexibility index (Phi) is 4.27. The van der Waals surface area contributed by atoms with Gasteiger partial charge in [-0.25, -0.2) is 8.42 Å². The van der Waals surface area contributed by atoms with Crippen LogP contribution < -0.4 is 5.73 Å². The lowest BCUT2D eigenvalue weighted by Gasteiger charge is -2.34. The van der Waals surface area contributed by atoms with E-state index in [1.807, 2.05) is 24.3 Å². The van der Waals surface area contributed by atoms with Gasteiger partial charge < -0.3 is 5.73 Å². The number of sulfonamides is 1. The maximum atomic E-state index is 13.0. The number of amides is 1. The van der Waals surface area contributed by atoms with Crippen LogP contribution in [0.4, 0.5) is 0 Å². The van der Waals surface area contributed by atoms with Crippen LogP contribution >= 0.6 is 15.9 Å². The minimum absolute atomic E-state index is 0.130. The first-order chi connectivity index (χ1) is 10.9. The Labute approximate surface area is 143 Å². The highest BCUT2D eigenvalue weighted by Gasteiger charge is 2.39. The topological polar surface area (TPSA) is 80.5 Å². The lowest BCUT2D eigenvalue weighted by molar-refractivity contribution is -0.122. The van der Waals surface area contributed by atoms with Gasteiger partial charge in [-0.05, 0) is 45.6 Å². The normalized spacial score (nSPS) is 18.4. The summed E-state index contributed by atoms with van der Waals surface area (Å²) in [5, 5.41) is 0. The number of nitrogens with zero attached hydrogens (tertiary/aromatic N) is 1. The van der Waals surface area contributed by atoms with Crippen molar-refractivity contribution in [3.8, 4) is 0 Å². The molecule has 1 amide bonds. The number of carbonyl (C=O) groups is 1. The first-order valence-corrected chi connectivity index (χ1v) is 9.27. The van der Waals surface area contributed by atoms with Crippen LogP contribution in [0.2, 0.25) is 0 Å². The zero-order valence-corrected chi connectivity index (χ0v) is 14.5. The highest BCUT2D eigenvalue weighted by Crippen LogP contribution is 2.31. The summed E-state index contributed by atoms with van der Waals surface area (Å²) in [6, 6.07) is 13.2. The molecule has 7 heteroatoms. The first kappa shape index (κ1) is 16.2. The van der Waals surface area contributed by atoms with Gasteiger partial charge in [-0.3, -0.25) is 4.79 Å². The third-order valence-corrected chi connectivity index (χ3v) is 6.82. The van der Waals surface area contributed by atoms with Crippen molar-refractivity contribution < 1.29 is 13.2 Å². The van der Waals surface area contributed by atoms with Crippen LogP contribution in [0.25, 0.3) is 0 Å². The van der Waals surface area contributed by atoms with E-state index in [1.54, 1.807) is 18.2 Å². The van der Waals surface area contributed by atoms with Gasteiger partial charge in [0.1, 0.15) is 6.04 Å². The van der Waals surface area contributed by atoms with E-state index in [9.17, 15) is 13.2 Å². The number of rotatable bonds is 3. The lowest BCUT2D eigenvalue weighted by Crippen LogP contribution is -2.51. The second-order valence-electron chi connectivity index (χ2n) is 5.37. The molecule has 2 N–H and O–H groups in total. The Hall–Kier alpha value is -1.70. The summed E-state index contributed by atoms with van der Waals surface area (Å²) in [6.07, 6.45) is 0.287. The van der Waals surface area contributed by atoms with E-state index in [0.717, 1.165) is 11.1 Å². The minimum Gasteiger partial charge on any atom is -0.368 e. The molecule has 1 aliphatic heterocycles. The molecule has 0 aliphatic carbocycles. The highest BCUT2D eigenvalue weighted by atomic mass is 79.9. The summed E-state index contributed by atoms with van der Waals surface area (Å²) in [6.45, 7) is 0.132. The first-order valence-electron chi connectivity index (χ1n) is 7.03. The fourth-order valence-electron chi connectivity index (χ4n) is 2.77. The van der Waals surface area contributed by atoms with E-state index in [2.05, 4.69) is 15.9 Å². The molecule has 1 heterocycles. The Morgan fingerprint density at radius 2 is 1.70 bits per heavy atom. The molecule has 2 aromatic rings. The van der Waals surface area contributed by atoms with Crippen molar-refractivity contribution in [1.29, 1.82) is 0 Å². The number of primary amides is 1. The van der Waals surface area contributed by atoms with Crippen LogP contribution in [0.1, 0.15) is 11.1 Å². The van der Waals surface area contributed by atoms with Crippen LogP contribution in [0.3, 0.4) is 0 Å². The van der Waals surface area contributed by atoms with Crippen LogP contribution in [0.15, 0.2) is 57.9 Å². The molecule has 0 radical (unpaired) electrons. The van der Waals surface area contributed by atoms with Crippen molar-refractivity contribution in [1.82, 2.24) is 4.31 Å². The van der Waals surface area contributed by atoms with Crippen LogP contribution in [0.5, 0.6) is 0 Å². The smallest absolute Gasteiger partial charge is 0.245 e. The molecule has 1 aliphatic rings. The van der Waals surface area contributed by atoms with Gasteiger partial charge in [-0.15, -0.1) is 0 Å². The van der Waals surface area contributed by atoms with Crippen molar-refractivity contribution in [2.24, 2.45) is 5.73 Å². The second-order valence-corrected chi connectivity index (χ2v) is 8.08. The molecule has 1 atom stereocenters. The van der Waals surface area contributed by atoms with E-state index < -0.39 is 22.0 Å². The van der Waals surface area contributed by atoms with Gasteiger partial charge in [-0.1, -0.05) is 36.4 Å². The molecule has 0 saturated carbocycles. The molecule has 3 rings (SSSR count). The number of hydrogen-bond acceptors (Lipinski definition) is 3. The fraction of sp³-hybridized carbons (Fsp3) is 0.188. The van der Waals surface area contributed by atoms with E-state index in [1.165, 1.54) is 10.4 Å². The number of nitrogens with two attached hydrogens (primary N) is 1. The minimum atomic E-state index is -3.84. The largest absolute Gasteiger partial charge is 0.368 e. The monoisotopic (exact) mass is 394 g/mol. The fourth-order valence-corrected chi connectivity index (χ4v) is 5.31. The predicted molar refractivity (Wildman–Crippen MR) is 90.0 cm³/mol. The lowest BCUT2D eigenvalue weighted by atomic mass is 9.96. The molecule has 0 bridgehead atoms. The van der Waals surface area contributed by atoms with Crippen molar-refractivity contribution in [2.75, 3.05) is 0 Å². The number of fused-ring (bicyclic) bond motifs is 1. The van der Waals surface area contributed by atoms with Gasteiger partial charge in [0.05, 0.1) is 4.90 Å². The third-order valence-electron chi connectivity index (χ3n) is 3.96. The molecular formula is C16H15BrN2O3S. The van der Waals surface area contributed by atoms with Crippen molar-refractivity contribution in [3.63, 3.8) is 0 Å².